The third-order valence-corrected chi connectivity index (χ3v) is 4.01. The van der Waals surface area contributed by atoms with E-state index < -0.39 is 5.97 Å². The second-order valence-corrected chi connectivity index (χ2v) is 5.29. The fraction of sp³-hybridized carbons (Fsp3) is 0.286. The summed E-state index contributed by atoms with van der Waals surface area (Å²) < 4.78 is 5.12. The molecule has 1 aromatic heterocycles. The minimum Gasteiger partial charge on any atom is -0.481 e. The maximum absolute atomic E-state index is 10.8. The lowest BCUT2D eigenvalue weighted by atomic mass is 10.1. The van der Waals surface area contributed by atoms with Crippen molar-refractivity contribution in [2.45, 2.75) is 30.9 Å². The Morgan fingerprint density at radius 1 is 1.37 bits per heavy atom. The lowest BCUT2D eigenvalue weighted by Crippen LogP contribution is -2.01. The first-order valence-corrected chi connectivity index (χ1v) is 6.90. The van der Waals surface area contributed by atoms with Crippen LogP contribution in [-0.2, 0) is 17.0 Å². The SMILES string of the molecule is Cc1noc(C)c1CSc1ccccc1CC(=O)O. The van der Waals surface area contributed by atoms with Gasteiger partial charge in [0.05, 0.1) is 12.1 Å². The van der Waals surface area contributed by atoms with Gasteiger partial charge in [-0.2, -0.15) is 0 Å². The molecule has 0 saturated carbocycles. The van der Waals surface area contributed by atoms with Gasteiger partial charge in [0, 0.05) is 16.2 Å². The first-order valence-electron chi connectivity index (χ1n) is 5.92. The number of aryl methyl sites for hydroxylation is 2. The van der Waals surface area contributed by atoms with Gasteiger partial charge in [0.15, 0.2) is 0 Å². The lowest BCUT2D eigenvalue weighted by molar-refractivity contribution is -0.136. The fourth-order valence-corrected chi connectivity index (χ4v) is 3.02. The molecule has 0 fully saturated rings. The lowest BCUT2D eigenvalue weighted by Gasteiger charge is -2.07. The monoisotopic (exact) mass is 277 g/mol. The number of nitrogens with zero attached hydrogens (tertiary/aromatic N) is 1. The Kier molecular flexibility index (Phi) is 4.27. The van der Waals surface area contributed by atoms with Gasteiger partial charge in [-0.05, 0) is 25.5 Å². The molecule has 5 heteroatoms. The zero-order valence-corrected chi connectivity index (χ0v) is 11.7. The largest absolute Gasteiger partial charge is 0.481 e. The number of hydrogen-bond acceptors (Lipinski definition) is 4. The smallest absolute Gasteiger partial charge is 0.307 e. The van der Waals surface area contributed by atoms with Gasteiger partial charge < -0.3 is 9.63 Å². The van der Waals surface area contributed by atoms with Gasteiger partial charge in [-0.25, -0.2) is 0 Å². The normalized spacial score (nSPS) is 10.6. The molecule has 2 aromatic rings. The van der Waals surface area contributed by atoms with Crippen molar-refractivity contribution in [1.82, 2.24) is 5.16 Å². The number of carbonyl (C=O) groups is 1. The quantitative estimate of drug-likeness (QED) is 0.850. The summed E-state index contributed by atoms with van der Waals surface area (Å²) in [5, 5.41) is 12.8. The summed E-state index contributed by atoms with van der Waals surface area (Å²) in [7, 11) is 0. The van der Waals surface area contributed by atoms with Gasteiger partial charge in [-0.3, -0.25) is 4.79 Å². The van der Waals surface area contributed by atoms with Crippen molar-refractivity contribution in [3.05, 3.63) is 46.8 Å². The Morgan fingerprint density at radius 3 is 2.74 bits per heavy atom. The Bertz CT molecular complexity index is 573. The molecule has 19 heavy (non-hydrogen) atoms. The third kappa shape index (κ3) is 3.38. The predicted molar refractivity (Wildman–Crippen MR) is 73.3 cm³/mol. The van der Waals surface area contributed by atoms with Gasteiger partial charge in [-0.15, -0.1) is 11.8 Å². The van der Waals surface area contributed by atoms with Crippen LogP contribution in [0.5, 0.6) is 0 Å². The highest BCUT2D eigenvalue weighted by Gasteiger charge is 2.11. The molecule has 0 unspecified atom stereocenters. The number of hydrogen-bond donors (Lipinski definition) is 1. The van der Waals surface area contributed by atoms with Crippen molar-refractivity contribution in [1.29, 1.82) is 0 Å². The van der Waals surface area contributed by atoms with Crippen molar-refractivity contribution in [3.63, 3.8) is 0 Å². The molecule has 1 aromatic carbocycles. The third-order valence-electron chi connectivity index (χ3n) is 2.87. The van der Waals surface area contributed by atoms with Crippen molar-refractivity contribution in [2.75, 3.05) is 0 Å². The van der Waals surface area contributed by atoms with E-state index in [9.17, 15) is 4.79 Å². The van der Waals surface area contributed by atoms with Crippen LogP contribution in [0.2, 0.25) is 0 Å². The number of aromatic nitrogens is 1. The summed E-state index contributed by atoms with van der Waals surface area (Å²) in [5.41, 5.74) is 2.81. The second-order valence-electron chi connectivity index (χ2n) is 4.27. The van der Waals surface area contributed by atoms with Crippen LogP contribution in [0.4, 0.5) is 0 Å². The van der Waals surface area contributed by atoms with Gasteiger partial charge in [0.1, 0.15) is 5.76 Å². The molecule has 0 bridgehead atoms. The highest BCUT2D eigenvalue weighted by molar-refractivity contribution is 7.98. The molecule has 0 aliphatic rings. The zero-order chi connectivity index (χ0) is 13.8. The predicted octanol–water partition coefficient (Wildman–Crippen LogP) is 3.21. The summed E-state index contributed by atoms with van der Waals surface area (Å²) in [6, 6.07) is 7.57. The fourth-order valence-electron chi connectivity index (χ4n) is 1.81. The first-order chi connectivity index (χ1) is 9.08. The van der Waals surface area contributed by atoms with E-state index in [1.54, 1.807) is 11.8 Å². The van der Waals surface area contributed by atoms with Crippen LogP contribution < -0.4 is 0 Å². The molecule has 4 nitrogen and oxygen atoms in total. The molecule has 0 atom stereocenters. The van der Waals surface area contributed by atoms with Crippen molar-refractivity contribution in [2.24, 2.45) is 0 Å². The highest BCUT2D eigenvalue weighted by atomic mass is 32.2. The molecule has 0 amide bonds. The van der Waals surface area contributed by atoms with Crippen LogP contribution in [0.3, 0.4) is 0 Å². The van der Waals surface area contributed by atoms with E-state index in [2.05, 4.69) is 5.16 Å². The minimum atomic E-state index is -0.814. The molecular weight excluding hydrogens is 262 g/mol. The molecule has 1 N–H and O–H groups in total. The van der Waals surface area contributed by atoms with Crippen molar-refractivity contribution < 1.29 is 14.4 Å². The molecule has 0 aliphatic carbocycles. The molecule has 0 saturated heterocycles. The van der Waals surface area contributed by atoms with E-state index >= 15 is 0 Å². The molecule has 1 heterocycles. The molecule has 100 valence electrons. The van der Waals surface area contributed by atoms with Crippen LogP contribution in [0, 0.1) is 13.8 Å². The standard InChI is InChI=1S/C14H15NO3S/c1-9-12(10(2)18-15-9)8-19-13-6-4-3-5-11(13)7-14(16)17/h3-6H,7-8H2,1-2H3,(H,16,17). The molecule has 0 radical (unpaired) electrons. The van der Waals surface area contributed by atoms with Crippen molar-refractivity contribution in [3.8, 4) is 0 Å². The number of benzene rings is 1. The topological polar surface area (TPSA) is 63.3 Å². The van der Waals surface area contributed by atoms with Crippen LogP contribution in [-0.4, -0.2) is 16.2 Å². The Morgan fingerprint density at radius 2 is 2.11 bits per heavy atom. The molecule has 0 aliphatic heterocycles. The Balaban J connectivity index is 2.13. The van der Waals surface area contributed by atoms with E-state index in [4.69, 9.17) is 9.63 Å². The van der Waals surface area contributed by atoms with Gasteiger partial charge in [0.2, 0.25) is 0 Å². The maximum Gasteiger partial charge on any atom is 0.307 e. The summed E-state index contributed by atoms with van der Waals surface area (Å²) in [6.07, 6.45) is 0.0464. The number of aliphatic carboxylic acids is 1. The van der Waals surface area contributed by atoms with E-state index in [1.807, 2.05) is 38.1 Å². The van der Waals surface area contributed by atoms with Crippen LogP contribution in [0.15, 0.2) is 33.7 Å². The average Bonchev–Trinajstić information content (AvgIpc) is 2.68. The Hall–Kier alpha value is -1.75. The van der Waals surface area contributed by atoms with E-state index in [1.165, 1.54) is 0 Å². The molecule has 2 rings (SSSR count). The van der Waals surface area contributed by atoms with Crippen LogP contribution in [0.1, 0.15) is 22.6 Å². The number of thioether (sulfide) groups is 1. The highest BCUT2D eigenvalue weighted by Crippen LogP contribution is 2.28. The van der Waals surface area contributed by atoms with Gasteiger partial charge >= 0.3 is 5.97 Å². The summed E-state index contributed by atoms with van der Waals surface area (Å²) in [4.78, 5) is 11.8. The maximum atomic E-state index is 10.8. The average molecular weight is 277 g/mol. The van der Waals surface area contributed by atoms with Crippen LogP contribution in [0.25, 0.3) is 0 Å². The van der Waals surface area contributed by atoms with E-state index in [-0.39, 0.29) is 6.42 Å². The molecular formula is C14H15NO3S. The number of carboxylic acids is 1. The van der Waals surface area contributed by atoms with Crippen LogP contribution >= 0.6 is 11.8 Å². The van der Waals surface area contributed by atoms with E-state index in [0.717, 1.165) is 33.2 Å². The number of rotatable bonds is 5. The van der Waals surface area contributed by atoms with Crippen molar-refractivity contribution >= 4 is 17.7 Å². The summed E-state index contributed by atoms with van der Waals surface area (Å²) in [5.74, 6) is 0.740. The summed E-state index contributed by atoms with van der Waals surface area (Å²) in [6.45, 7) is 3.80. The van der Waals surface area contributed by atoms with Gasteiger partial charge in [-0.1, -0.05) is 23.4 Å². The first kappa shape index (κ1) is 13.7. The Labute approximate surface area is 115 Å². The second kappa shape index (κ2) is 5.93. The molecule has 0 spiro atoms. The minimum absolute atomic E-state index is 0.0464. The number of carboxylic acid groups (broad SMARTS) is 1. The zero-order valence-electron chi connectivity index (χ0n) is 10.8. The van der Waals surface area contributed by atoms with Gasteiger partial charge in [0.25, 0.3) is 0 Å². The van der Waals surface area contributed by atoms with E-state index in [0.29, 0.717) is 0 Å². The summed E-state index contributed by atoms with van der Waals surface area (Å²) >= 11 is 1.61.